The van der Waals surface area contributed by atoms with Crippen LogP contribution in [-0.4, -0.2) is 6.21 Å². The van der Waals surface area contributed by atoms with Gasteiger partial charge in [-0.05, 0) is 46.9 Å². The Morgan fingerprint density at radius 3 is 2.92 bits per heavy atom. The molecular weight excluding hydrogens is 273 g/mol. The largest absolute Gasteiger partial charge is 0.256 e. The van der Waals surface area contributed by atoms with Crippen molar-refractivity contribution in [3.63, 3.8) is 0 Å². The highest BCUT2D eigenvalue weighted by atomic mass is 127. The molecule has 0 N–H and O–H groups in total. The highest BCUT2D eigenvalue weighted by Gasteiger charge is 1.98. The first-order chi connectivity index (χ1) is 6.36. The molecule has 1 heterocycles. The van der Waals surface area contributed by atoms with Crippen LogP contribution in [0.3, 0.4) is 0 Å². The summed E-state index contributed by atoms with van der Waals surface area (Å²) in [5, 5.41) is 0. The third kappa shape index (κ3) is 2.06. The zero-order valence-corrected chi connectivity index (χ0v) is 9.10. The van der Waals surface area contributed by atoms with Gasteiger partial charge in [0.15, 0.2) is 0 Å². The van der Waals surface area contributed by atoms with Crippen LogP contribution in [0.2, 0.25) is 0 Å². The molecule has 1 aromatic rings. The van der Waals surface area contributed by atoms with E-state index in [-0.39, 0.29) is 0 Å². The average Bonchev–Trinajstić information content (AvgIpc) is 2.08. The molecule has 0 fully saturated rings. The molecule has 1 aromatic carbocycles. The lowest BCUT2D eigenvalue weighted by molar-refractivity contribution is 1.49. The molecule has 0 atom stereocenters. The van der Waals surface area contributed by atoms with Gasteiger partial charge in [0.2, 0.25) is 0 Å². The predicted molar refractivity (Wildman–Crippen MR) is 65.5 cm³/mol. The lowest BCUT2D eigenvalue weighted by Gasteiger charge is -2.01. The van der Waals surface area contributed by atoms with Crippen LogP contribution in [-0.2, 0) is 0 Å². The van der Waals surface area contributed by atoms with E-state index in [1.165, 1.54) is 9.13 Å². The Labute approximate surface area is 91.0 Å². The van der Waals surface area contributed by atoms with E-state index in [1.54, 1.807) is 0 Å². The Bertz CT molecular complexity index is 403. The number of aliphatic imine (C=N–C) groups is 1. The van der Waals surface area contributed by atoms with Crippen LogP contribution in [0.1, 0.15) is 5.56 Å². The molecule has 64 valence electrons. The maximum Gasteiger partial charge on any atom is 0.0702 e. The highest BCUT2D eigenvalue weighted by Crippen LogP contribution is 2.23. The molecule has 0 aliphatic carbocycles. The van der Waals surface area contributed by atoms with Gasteiger partial charge in [0.1, 0.15) is 0 Å². The summed E-state index contributed by atoms with van der Waals surface area (Å²) < 4.78 is 1.24. The second kappa shape index (κ2) is 3.87. The first kappa shape index (κ1) is 8.69. The summed E-state index contributed by atoms with van der Waals surface area (Å²) in [7, 11) is 0. The van der Waals surface area contributed by atoms with Gasteiger partial charge in [0, 0.05) is 15.3 Å². The zero-order valence-electron chi connectivity index (χ0n) is 6.94. The van der Waals surface area contributed by atoms with Gasteiger partial charge >= 0.3 is 0 Å². The first-order valence-corrected chi connectivity index (χ1v) is 5.11. The van der Waals surface area contributed by atoms with Crippen LogP contribution in [0.15, 0.2) is 41.4 Å². The summed E-state index contributed by atoms with van der Waals surface area (Å²) in [6, 6.07) is 6.23. The molecule has 0 spiro atoms. The standard InChI is InChI=1S/C11H8IN/c12-10-5-6-11-9(8-10)4-2-1-3-7-13-11/h1-8H/b2-1?,3-1-,4-2-,7-3?,9-4?,13-7?,13-11?. The van der Waals surface area contributed by atoms with Crippen molar-refractivity contribution in [2.75, 3.05) is 0 Å². The van der Waals surface area contributed by atoms with Crippen molar-refractivity contribution in [2.24, 2.45) is 4.99 Å². The number of nitrogens with zero attached hydrogens (tertiary/aromatic N) is 1. The van der Waals surface area contributed by atoms with Crippen molar-refractivity contribution in [1.82, 2.24) is 0 Å². The molecule has 0 aromatic heterocycles. The molecule has 2 heteroatoms. The minimum atomic E-state index is 1.03. The molecule has 13 heavy (non-hydrogen) atoms. The van der Waals surface area contributed by atoms with Crippen LogP contribution in [0, 0.1) is 3.57 Å². The maximum atomic E-state index is 4.32. The molecular formula is C11H8IN. The van der Waals surface area contributed by atoms with Gasteiger partial charge in [-0.25, -0.2) is 0 Å². The van der Waals surface area contributed by atoms with Crippen molar-refractivity contribution < 1.29 is 0 Å². The van der Waals surface area contributed by atoms with E-state index >= 15 is 0 Å². The smallest absolute Gasteiger partial charge is 0.0702 e. The zero-order chi connectivity index (χ0) is 9.10. The Balaban J connectivity index is 2.56. The average molecular weight is 281 g/mol. The van der Waals surface area contributed by atoms with Gasteiger partial charge in [0.25, 0.3) is 0 Å². The van der Waals surface area contributed by atoms with E-state index in [4.69, 9.17) is 0 Å². The summed E-state index contributed by atoms with van der Waals surface area (Å²) in [6.07, 6.45) is 9.82. The van der Waals surface area contributed by atoms with E-state index in [0.717, 1.165) is 5.69 Å². The van der Waals surface area contributed by atoms with Gasteiger partial charge < -0.3 is 0 Å². The molecule has 2 rings (SSSR count). The van der Waals surface area contributed by atoms with E-state index < -0.39 is 0 Å². The van der Waals surface area contributed by atoms with Gasteiger partial charge in [-0.1, -0.05) is 18.2 Å². The maximum absolute atomic E-state index is 4.32. The topological polar surface area (TPSA) is 12.4 Å². The lowest BCUT2D eigenvalue weighted by Crippen LogP contribution is -1.79. The third-order valence-electron chi connectivity index (χ3n) is 1.79. The molecule has 1 aliphatic heterocycles. The number of fused-ring (bicyclic) bond motifs is 1. The van der Waals surface area contributed by atoms with Crippen LogP contribution in [0.4, 0.5) is 5.69 Å². The van der Waals surface area contributed by atoms with Crippen LogP contribution in [0.5, 0.6) is 0 Å². The summed E-state index contributed by atoms with van der Waals surface area (Å²) in [5.74, 6) is 0. The van der Waals surface area contributed by atoms with Crippen LogP contribution >= 0.6 is 22.6 Å². The Morgan fingerprint density at radius 2 is 2.00 bits per heavy atom. The van der Waals surface area contributed by atoms with E-state index in [0.29, 0.717) is 0 Å². The monoisotopic (exact) mass is 281 g/mol. The molecule has 0 unspecified atom stereocenters. The van der Waals surface area contributed by atoms with Crippen LogP contribution < -0.4 is 0 Å². The molecule has 0 amide bonds. The molecule has 1 nitrogen and oxygen atoms in total. The van der Waals surface area contributed by atoms with Crippen molar-refractivity contribution >= 4 is 40.6 Å². The summed E-state index contributed by atoms with van der Waals surface area (Å²) in [4.78, 5) is 4.32. The minimum Gasteiger partial charge on any atom is -0.256 e. The van der Waals surface area contributed by atoms with E-state index in [9.17, 15) is 0 Å². The van der Waals surface area contributed by atoms with Gasteiger partial charge in [-0.15, -0.1) is 0 Å². The Kier molecular flexibility index (Phi) is 2.59. The molecule has 0 saturated heterocycles. The predicted octanol–water partition coefficient (Wildman–Crippen LogP) is 3.58. The number of hydrogen-bond acceptors (Lipinski definition) is 1. The third-order valence-corrected chi connectivity index (χ3v) is 2.46. The quantitative estimate of drug-likeness (QED) is 0.644. The fourth-order valence-corrected chi connectivity index (χ4v) is 1.69. The lowest BCUT2D eigenvalue weighted by atomic mass is 10.1. The van der Waals surface area contributed by atoms with E-state index in [1.807, 2.05) is 30.5 Å². The molecule has 1 aliphatic rings. The minimum absolute atomic E-state index is 1.03. The Morgan fingerprint density at radius 1 is 1.08 bits per heavy atom. The first-order valence-electron chi connectivity index (χ1n) is 4.03. The summed E-state index contributed by atoms with van der Waals surface area (Å²) in [6.45, 7) is 0. The number of allylic oxidation sites excluding steroid dienone is 3. The number of benzene rings is 1. The second-order valence-electron chi connectivity index (χ2n) is 2.73. The number of hydrogen-bond donors (Lipinski definition) is 0. The summed E-state index contributed by atoms with van der Waals surface area (Å²) >= 11 is 2.30. The van der Waals surface area contributed by atoms with E-state index in [2.05, 4.69) is 45.8 Å². The van der Waals surface area contributed by atoms with Crippen molar-refractivity contribution in [2.45, 2.75) is 0 Å². The highest BCUT2D eigenvalue weighted by molar-refractivity contribution is 14.1. The SMILES string of the molecule is Ic1ccc2c(c1)/C=C\C=C/C=N2. The molecule has 0 bridgehead atoms. The molecule has 0 saturated carbocycles. The van der Waals surface area contributed by atoms with Gasteiger partial charge in [0.05, 0.1) is 5.69 Å². The Hall–Kier alpha value is -0.900. The fraction of sp³-hybridized carbons (Fsp3) is 0. The van der Waals surface area contributed by atoms with Crippen LogP contribution in [0.25, 0.3) is 6.08 Å². The van der Waals surface area contributed by atoms with Crippen molar-refractivity contribution in [3.05, 3.63) is 45.6 Å². The number of halogens is 1. The van der Waals surface area contributed by atoms with Gasteiger partial charge in [-0.2, -0.15) is 0 Å². The van der Waals surface area contributed by atoms with Crippen molar-refractivity contribution in [1.29, 1.82) is 0 Å². The second-order valence-corrected chi connectivity index (χ2v) is 3.97. The number of rotatable bonds is 0. The van der Waals surface area contributed by atoms with Crippen molar-refractivity contribution in [3.8, 4) is 0 Å². The van der Waals surface area contributed by atoms with Gasteiger partial charge in [-0.3, -0.25) is 4.99 Å². The fourth-order valence-electron chi connectivity index (χ4n) is 1.17. The molecule has 0 radical (unpaired) electrons. The summed E-state index contributed by atoms with van der Waals surface area (Å²) in [5.41, 5.74) is 2.20. The normalized spacial score (nSPS) is 18.5.